The maximum Gasteiger partial charge on any atom is 0.372 e. The van der Waals surface area contributed by atoms with Gasteiger partial charge in [0.15, 0.2) is 0 Å². The van der Waals surface area contributed by atoms with Crippen molar-refractivity contribution in [3.63, 3.8) is 0 Å². The van der Waals surface area contributed by atoms with Crippen molar-refractivity contribution in [3.8, 4) is 0 Å². The highest BCUT2D eigenvalue weighted by molar-refractivity contribution is 6.17. The number of hydrogen-bond acceptors (Lipinski definition) is 3. The van der Waals surface area contributed by atoms with Crippen LogP contribution < -0.4 is 5.32 Å². The Morgan fingerprint density at radius 2 is 1.88 bits per heavy atom. The van der Waals surface area contributed by atoms with Gasteiger partial charge < -0.3 is 14.8 Å². The van der Waals surface area contributed by atoms with Crippen LogP contribution in [0.3, 0.4) is 0 Å². The summed E-state index contributed by atoms with van der Waals surface area (Å²) in [5, 5.41) is 13.4. The third-order valence-electron chi connectivity index (χ3n) is 4.28. The van der Waals surface area contributed by atoms with Crippen molar-refractivity contribution in [1.29, 1.82) is 0 Å². The van der Waals surface area contributed by atoms with Gasteiger partial charge in [-0.1, -0.05) is 24.3 Å². The molecule has 2 N–H and O–H groups in total. The minimum atomic E-state index is -1.04. The monoisotopic (exact) mass is 357 g/mol. The van der Waals surface area contributed by atoms with Crippen LogP contribution in [-0.2, 0) is 12.3 Å². The van der Waals surface area contributed by atoms with Crippen LogP contribution in [0.15, 0.2) is 46.9 Å². The predicted molar refractivity (Wildman–Crippen MR) is 101 cm³/mol. The fraction of sp³-hybridized carbons (Fsp3) is 0.250. The zero-order valence-corrected chi connectivity index (χ0v) is 14.8. The molecule has 2 aromatic carbocycles. The molecule has 3 aromatic rings. The number of hydrogen-bond donors (Lipinski definition) is 2. The van der Waals surface area contributed by atoms with Crippen molar-refractivity contribution >= 4 is 34.2 Å². The molecule has 130 valence electrons. The standard InChI is InChI=1S/C20H20ClNO3/c1-13-17-11-16(8-9-18(17)25-19(13)20(23)24)22-10-2-3-14-4-6-15(12-21)7-5-14/h4-9,11,22H,2-3,10,12H2,1H3,(H,23,24). The van der Waals surface area contributed by atoms with E-state index in [1.807, 2.05) is 18.2 Å². The first-order valence-corrected chi connectivity index (χ1v) is 8.76. The van der Waals surface area contributed by atoms with Crippen LogP contribution in [0.1, 0.15) is 33.7 Å². The number of halogens is 1. The highest BCUT2D eigenvalue weighted by Gasteiger charge is 2.16. The van der Waals surface area contributed by atoms with Gasteiger partial charge in [0.2, 0.25) is 5.76 Å². The third kappa shape index (κ3) is 3.97. The largest absolute Gasteiger partial charge is 0.475 e. The fourth-order valence-corrected chi connectivity index (χ4v) is 3.03. The number of anilines is 1. The van der Waals surface area contributed by atoms with Gasteiger partial charge in [-0.15, -0.1) is 11.6 Å². The summed E-state index contributed by atoms with van der Waals surface area (Å²) in [5.74, 6) is -0.489. The molecule has 0 saturated carbocycles. The molecule has 0 unspecified atom stereocenters. The summed E-state index contributed by atoms with van der Waals surface area (Å²) in [5.41, 5.74) is 4.65. The Balaban J connectivity index is 1.59. The number of alkyl halides is 1. The Kier molecular flexibility index (Phi) is 5.29. The lowest BCUT2D eigenvalue weighted by Crippen LogP contribution is -2.02. The van der Waals surface area contributed by atoms with E-state index >= 15 is 0 Å². The highest BCUT2D eigenvalue weighted by atomic mass is 35.5. The van der Waals surface area contributed by atoms with Gasteiger partial charge in [0.05, 0.1) is 0 Å². The van der Waals surface area contributed by atoms with Crippen molar-refractivity contribution < 1.29 is 14.3 Å². The first-order valence-electron chi connectivity index (χ1n) is 8.22. The number of carbonyl (C=O) groups is 1. The maximum atomic E-state index is 11.1. The SMILES string of the molecule is Cc1c(C(=O)O)oc2ccc(NCCCc3ccc(CCl)cc3)cc12. The summed E-state index contributed by atoms with van der Waals surface area (Å²) >= 11 is 5.80. The molecular weight excluding hydrogens is 338 g/mol. The van der Waals surface area contributed by atoms with E-state index in [1.165, 1.54) is 5.56 Å². The lowest BCUT2D eigenvalue weighted by molar-refractivity contribution is 0.0664. The average Bonchev–Trinajstić information content (AvgIpc) is 2.96. The molecule has 4 nitrogen and oxygen atoms in total. The van der Waals surface area contributed by atoms with Crippen LogP contribution in [0.5, 0.6) is 0 Å². The van der Waals surface area contributed by atoms with Crippen LogP contribution in [0.4, 0.5) is 5.69 Å². The summed E-state index contributed by atoms with van der Waals surface area (Å²) in [6.45, 7) is 2.61. The van der Waals surface area contributed by atoms with Gasteiger partial charge in [-0.05, 0) is 49.1 Å². The van der Waals surface area contributed by atoms with E-state index < -0.39 is 5.97 Å². The van der Waals surface area contributed by atoms with E-state index in [2.05, 4.69) is 29.6 Å². The molecule has 25 heavy (non-hydrogen) atoms. The topological polar surface area (TPSA) is 62.5 Å². The fourth-order valence-electron chi connectivity index (χ4n) is 2.86. The number of aryl methyl sites for hydroxylation is 2. The second-order valence-corrected chi connectivity index (χ2v) is 6.32. The molecule has 0 amide bonds. The minimum Gasteiger partial charge on any atom is -0.475 e. The second kappa shape index (κ2) is 7.62. The zero-order chi connectivity index (χ0) is 17.8. The lowest BCUT2D eigenvalue weighted by Gasteiger charge is -2.07. The van der Waals surface area contributed by atoms with Crippen molar-refractivity contribution in [2.45, 2.75) is 25.6 Å². The molecule has 5 heteroatoms. The number of rotatable bonds is 7. The van der Waals surface area contributed by atoms with E-state index in [0.717, 1.165) is 36.0 Å². The smallest absolute Gasteiger partial charge is 0.372 e. The Morgan fingerprint density at radius 3 is 2.56 bits per heavy atom. The second-order valence-electron chi connectivity index (χ2n) is 6.05. The van der Waals surface area contributed by atoms with Crippen molar-refractivity contribution in [2.24, 2.45) is 0 Å². The molecule has 0 atom stereocenters. The van der Waals surface area contributed by atoms with Crippen LogP contribution in [0.2, 0.25) is 0 Å². The molecule has 3 rings (SSSR count). The quantitative estimate of drug-likeness (QED) is 0.449. The number of fused-ring (bicyclic) bond motifs is 1. The van der Waals surface area contributed by atoms with Crippen molar-refractivity contribution in [2.75, 3.05) is 11.9 Å². The average molecular weight is 358 g/mol. The molecule has 0 spiro atoms. The molecule has 0 aliphatic carbocycles. The summed E-state index contributed by atoms with van der Waals surface area (Å²) in [7, 11) is 0. The summed E-state index contributed by atoms with van der Waals surface area (Å²) in [6.07, 6.45) is 1.99. The van der Waals surface area contributed by atoms with Crippen molar-refractivity contribution in [3.05, 3.63) is 64.9 Å². The Morgan fingerprint density at radius 1 is 1.16 bits per heavy atom. The molecule has 0 fully saturated rings. The molecule has 0 bridgehead atoms. The number of furan rings is 1. The first-order chi connectivity index (χ1) is 12.1. The Bertz CT molecular complexity index is 884. The number of nitrogens with one attached hydrogen (secondary N) is 1. The zero-order valence-electron chi connectivity index (χ0n) is 14.0. The van der Waals surface area contributed by atoms with Gasteiger partial charge in [-0.25, -0.2) is 4.79 Å². The Labute approximate surface area is 151 Å². The normalized spacial score (nSPS) is 11.0. The summed E-state index contributed by atoms with van der Waals surface area (Å²) in [6, 6.07) is 14.0. The van der Waals surface area contributed by atoms with Gasteiger partial charge in [0, 0.05) is 29.1 Å². The van der Waals surface area contributed by atoms with E-state index in [4.69, 9.17) is 21.1 Å². The highest BCUT2D eigenvalue weighted by Crippen LogP contribution is 2.28. The van der Waals surface area contributed by atoms with Gasteiger partial charge in [-0.2, -0.15) is 0 Å². The summed E-state index contributed by atoms with van der Waals surface area (Å²) in [4.78, 5) is 11.1. The molecule has 1 aromatic heterocycles. The van der Waals surface area contributed by atoms with E-state index in [0.29, 0.717) is 17.0 Å². The molecular formula is C20H20ClNO3. The van der Waals surface area contributed by atoms with Gasteiger partial charge >= 0.3 is 5.97 Å². The minimum absolute atomic E-state index is 0.00698. The number of carboxylic acid groups (broad SMARTS) is 1. The maximum absolute atomic E-state index is 11.1. The van der Waals surface area contributed by atoms with Gasteiger partial charge in [-0.3, -0.25) is 0 Å². The van der Waals surface area contributed by atoms with Gasteiger partial charge in [0.1, 0.15) is 5.58 Å². The molecule has 0 radical (unpaired) electrons. The van der Waals surface area contributed by atoms with Crippen LogP contribution >= 0.6 is 11.6 Å². The molecule has 0 aliphatic rings. The Hall–Kier alpha value is -2.46. The van der Waals surface area contributed by atoms with E-state index in [-0.39, 0.29) is 5.76 Å². The van der Waals surface area contributed by atoms with Gasteiger partial charge in [0.25, 0.3) is 0 Å². The first kappa shape index (κ1) is 17.4. The van der Waals surface area contributed by atoms with E-state index in [1.54, 1.807) is 6.92 Å². The molecule has 0 saturated heterocycles. The number of benzene rings is 2. The predicted octanol–water partition coefficient (Wildman–Crippen LogP) is 5.22. The van der Waals surface area contributed by atoms with E-state index in [9.17, 15) is 4.79 Å². The molecule has 1 heterocycles. The van der Waals surface area contributed by atoms with Crippen LogP contribution in [0.25, 0.3) is 11.0 Å². The van der Waals surface area contributed by atoms with Crippen LogP contribution in [0, 0.1) is 6.92 Å². The van der Waals surface area contributed by atoms with Crippen molar-refractivity contribution in [1.82, 2.24) is 0 Å². The lowest BCUT2D eigenvalue weighted by atomic mass is 10.1. The third-order valence-corrected chi connectivity index (χ3v) is 4.59. The number of carboxylic acids is 1. The summed E-state index contributed by atoms with van der Waals surface area (Å²) < 4.78 is 5.38. The van der Waals surface area contributed by atoms with Crippen LogP contribution in [-0.4, -0.2) is 17.6 Å². The molecule has 0 aliphatic heterocycles. The number of aromatic carboxylic acids is 1.